The molecule has 24 heavy (non-hydrogen) atoms. The smallest absolute Gasteiger partial charge is 0.109 e. The van der Waals surface area contributed by atoms with Crippen LogP contribution in [0.3, 0.4) is 0 Å². The predicted octanol–water partition coefficient (Wildman–Crippen LogP) is 3.40. The Balaban J connectivity index is 1.70. The molecule has 5 heteroatoms. The Morgan fingerprint density at radius 3 is 2.92 bits per heavy atom. The fourth-order valence-corrected chi connectivity index (χ4v) is 2.81. The lowest BCUT2D eigenvalue weighted by Gasteiger charge is -2.20. The van der Waals surface area contributed by atoms with Crippen LogP contribution in [-0.2, 0) is 4.74 Å². The molecule has 1 aromatic carbocycles. The van der Waals surface area contributed by atoms with E-state index in [-0.39, 0.29) is 6.10 Å². The van der Waals surface area contributed by atoms with Crippen LogP contribution in [0.25, 0.3) is 0 Å². The molecule has 3 rings (SSSR count). The zero-order valence-electron chi connectivity index (χ0n) is 13.7. The Hall–Kier alpha value is -1.83. The van der Waals surface area contributed by atoms with E-state index < -0.39 is 0 Å². The van der Waals surface area contributed by atoms with Gasteiger partial charge in [-0.3, -0.25) is 4.99 Å². The second-order valence-corrected chi connectivity index (χ2v) is 6.64. The van der Waals surface area contributed by atoms with Gasteiger partial charge in [0.05, 0.1) is 17.7 Å². The van der Waals surface area contributed by atoms with Crippen molar-refractivity contribution in [2.24, 2.45) is 21.9 Å². The molecule has 0 spiro atoms. The van der Waals surface area contributed by atoms with Crippen molar-refractivity contribution in [3.05, 3.63) is 34.3 Å². The van der Waals surface area contributed by atoms with E-state index in [1.54, 1.807) is 6.21 Å². The maximum atomic E-state index is 6.30. The molecule has 1 saturated carbocycles. The van der Waals surface area contributed by atoms with Crippen molar-refractivity contribution in [1.29, 1.82) is 0 Å². The monoisotopic (exact) mass is 343 g/mol. The van der Waals surface area contributed by atoms with Crippen LogP contribution >= 0.6 is 11.6 Å². The van der Waals surface area contributed by atoms with E-state index in [0.29, 0.717) is 23.2 Å². The molecule has 0 aromatic heterocycles. The topological polar surface area (TPSA) is 60.0 Å². The average Bonchev–Trinajstić information content (AvgIpc) is 3.44. The summed E-state index contributed by atoms with van der Waals surface area (Å²) in [6, 6.07) is 5.67. The Labute approximate surface area is 148 Å². The van der Waals surface area contributed by atoms with Gasteiger partial charge in [0.2, 0.25) is 0 Å². The number of rotatable bonds is 4. The minimum absolute atomic E-state index is 0.195. The summed E-state index contributed by atoms with van der Waals surface area (Å²) in [5, 5.41) is 4.44. The van der Waals surface area contributed by atoms with Crippen molar-refractivity contribution >= 4 is 23.5 Å². The first-order valence-electron chi connectivity index (χ1n) is 8.47. The van der Waals surface area contributed by atoms with E-state index in [4.69, 9.17) is 22.2 Å². The predicted molar refractivity (Wildman–Crippen MR) is 98.7 cm³/mol. The minimum atomic E-state index is 0.195. The van der Waals surface area contributed by atoms with Gasteiger partial charge < -0.3 is 10.6 Å². The first-order chi connectivity index (χ1) is 11.8. The van der Waals surface area contributed by atoms with Crippen LogP contribution in [0.1, 0.15) is 43.2 Å². The summed E-state index contributed by atoms with van der Waals surface area (Å²) in [4.78, 5) is 4.44. The number of hydrogen-bond donors (Lipinski definition) is 1. The molecule has 1 saturated heterocycles. The summed E-state index contributed by atoms with van der Waals surface area (Å²) in [6.07, 6.45) is 7.68. The van der Waals surface area contributed by atoms with Gasteiger partial charge in [-0.1, -0.05) is 23.4 Å². The number of hydrogen-bond acceptors (Lipinski definition) is 4. The van der Waals surface area contributed by atoms with Gasteiger partial charge in [-0.05, 0) is 50.3 Å². The molecule has 1 unspecified atom stereocenters. The number of aliphatic imine (C=N–C) groups is 1. The molecule has 1 aliphatic carbocycles. The second kappa shape index (κ2) is 8.32. The largest absolute Gasteiger partial charge is 0.376 e. The van der Waals surface area contributed by atoms with Gasteiger partial charge in [0.15, 0.2) is 0 Å². The lowest BCUT2D eigenvalue weighted by Crippen LogP contribution is -2.22. The van der Waals surface area contributed by atoms with Crippen LogP contribution in [0.2, 0.25) is 5.02 Å². The fourth-order valence-electron chi connectivity index (χ4n) is 2.59. The molecule has 0 amide bonds. The van der Waals surface area contributed by atoms with Gasteiger partial charge in [-0.25, -0.2) is 0 Å². The highest BCUT2D eigenvalue weighted by molar-refractivity contribution is 6.44. The molecule has 0 radical (unpaired) electrons. The molecule has 1 heterocycles. The minimum Gasteiger partial charge on any atom is -0.376 e. The number of hydrazone groups is 1. The Bertz CT molecular complexity index is 692. The molecule has 4 nitrogen and oxygen atoms in total. The Morgan fingerprint density at radius 2 is 2.21 bits per heavy atom. The molecule has 2 aliphatic rings. The number of ether oxygens (including phenoxy) is 1. The molecular formula is C19H22ClN3O. The van der Waals surface area contributed by atoms with Crippen LogP contribution in [-0.4, -0.2) is 31.2 Å². The van der Waals surface area contributed by atoms with Crippen molar-refractivity contribution in [3.63, 3.8) is 0 Å². The number of benzene rings is 1. The van der Waals surface area contributed by atoms with E-state index >= 15 is 0 Å². The first kappa shape index (κ1) is 17.0. The zero-order chi connectivity index (χ0) is 16.8. The van der Waals surface area contributed by atoms with Crippen molar-refractivity contribution in [2.75, 3.05) is 13.2 Å². The van der Waals surface area contributed by atoms with Crippen LogP contribution in [0.5, 0.6) is 0 Å². The third-order valence-electron chi connectivity index (χ3n) is 4.18. The molecule has 126 valence electrons. The Morgan fingerprint density at radius 1 is 1.33 bits per heavy atom. The van der Waals surface area contributed by atoms with E-state index in [1.807, 2.05) is 18.2 Å². The maximum Gasteiger partial charge on any atom is 0.109 e. The number of halogens is 1. The van der Waals surface area contributed by atoms with E-state index in [9.17, 15) is 0 Å². The van der Waals surface area contributed by atoms with Crippen molar-refractivity contribution in [3.8, 4) is 11.8 Å². The molecular weight excluding hydrogens is 322 g/mol. The summed E-state index contributed by atoms with van der Waals surface area (Å²) in [6.45, 7) is 1.45. The van der Waals surface area contributed by atoms with Gasteiger partial charge >= 0.3 is 0 Å². The van der Waals surface area contributed by atoms with Gasteiger partial charge in [0, 0.05) is 29.9 Å². The lowest BCUT2D eigenvalue weighted by atomic mass is 10.1. The van der Waals surface area contributed by atoms with Crippen molar-refractivity contribution < 1.29 is 4.74 Å². The zero-order valence-corrected chi connectivity index (χ0v) is 14.4. The first-order valence-corrected chi connectivity index (χ1v) is 8.85. The van der Waals surface area contributed by atoms with Gasteiger partial charge in [0.1, 0.15) is 5.71 Å². The van der Waals surface area contributed by atoms with Crippen molar-refractivity contribution in [2.45, 2.75) is 38.2 Å². The van der Waals surface area contributed by atoms with Crippen LogP contribution in [0.4, 0.5) is 0 Å². The maximum absolute atomic E-state index is 6.30. The third-order valence-corrected chi connectivity index (χ3v) is 4.51. The van der Waals surface area contributed by atoms with E-state index in [2.05, 4.69) is 21.9 Å². The van der Waals surface area contributed by atoms with Gasteiger partial charge in [-0.2, -0.15) is 5.10 Å². The highest BCUT2D eigenvalue weighted by Gasteiger charge is 2.18. The van der Waals surface area contributed by atoms with E-state index in [0.717, 1.165) is 30.6 Å². The van der Waals surface area contributed by atoms with Crippen LogP contribution < -0.4 is 5.84 Å². The van der Waals surface area contributed by atoms with Gasteiger partial charge in [0.25, 0.3) is 0 Å². The average molecular weight is 344 g/mol. The molecule has 2 N–H and O–H groups in total. The summed E-state index contributed by atoms with van der Waals surface area (Å²) in [5.41, 5.74) is 2.24. The molecule has 1 aromatic rings. The van der Waals surface area contributed by atoms with Gasteiger partial charge in [-0.15, -0.1) is 0 Å². The highest BCUT2D eigenvalue weighted by Crippen LogP contribution is 2.27. The SMILES string of the molecule is N/N=C(\C=NCC1CCCCO1)c1cc(C#CC2CC2)ccc1Cl. The fraction of sp³-hybridized carbons (Fsp3) is 0.474. The molecule has 1 atom stereocenters. The summed E-state index contributed by atoms with van der Waals surface area (Å²) in [7, 11) is 0. The third kappa shape index (κ3) is 4.83. The van der Waals surface area contributed by atoms with Crippen LogP contribution in [0.15, 0.2) is 28.3 Å². The number of nitrogens with two attached hydrogens (primary N) is 1. The van der Waals surface area contributed by atoms with E-state index in [1.165, 1.54) is 19.3 Å². The Kier molecular flexibility index (Phi) is 5.90. The number of nitrogens with zero attached hydrogens (tertiary/aromatic N) is 2. The standard InChI is InChI=1S/C19H22ClN3O/c20-18-9-8-15(7-6-14-4-5-14)11-17(18)19(23-21)13-22-12-16-3-1-2-10-24-16/h8-9,11,13-14,16H,1-5,10,12,21H2/b22-13?,23-19+. The molecule has 0 bridgehead atoms. The van der Waals surface area contributed by atoms with Crippen molar-refractivity contribution in [1.82, 2.24) is 0 Å². The highest BCUT2D eigenvalue weighted by atomic mass is 35.5. The molecule has 2 fully saturated rings. The summed E-state index contributed by atoms with van der Waals surface area (Å²) < 4.78 is 5.67. The quantitative estimate of drug-likeness (QED) is 0.394. The lowest BCUT2D eigenvalue weighted by molar-refractivity contribution is 0.0226. The second-order valence-electron chi connectivity index (χ2n) is 6.24. The summed E-state index contributed by atoms with van der Waals surface area (Å²) in [5.74, 6) is 12.5. The normalized spacial score (nSPS) is 21.5. The molecule has 1 aliphatic heterocycles. The van der Waals surface area contributed by atoms with Crippen LogP contribution in [0, 0.1) is 17.8 Å². The summed E-state index contributed by atoms with van der Waals surface area (Å²) >= 11 is 6.30.